The Morgan fingerprint density at radius 3 is 2.84 bits per heavy atom. The van der Waals surface area contributed by atoms with Gasteiger partial charge < -0.3 is 25.8 Å². The number of nitrogens with one attached hydrogen (secondary N) is 2. The van der Waals surface area contributed by atoms with Crippen LogP contribution in [0.4, 0.5) is 5.69 Å². The second-order valence-corrected chi connectivity index (χ2v) is 5.94. The van der Waals surface area contributed by atoms with Crippen molar-refractivity contribution in [1.82, 2.24) is 10.6 Å². The Hall–Kier alpha value is -2.57. The van der Waals surface area contributed by atoms with Gasteiger partial charge in [-0.3, -0.25) is 4.79 Å². The summed E-state index contributed by atoms with van der Waals surface area (Å²) in [5.74, 6) is 1.16. The van der Waals surface area contributed by atoms with Gasteiger partial charge >= 0.3 is 0 Å². The molecule has 0 aromatic heterocycles. The molecule has 0 bridgehead atoms. The second kappa shape index (κ2) is 8.50. The molecule has 0 radical (unpaired) electrons. The summed E-state index contributed by atoms with van der Waals surface area (Å²) in [6.45, 7) is 3.03. The molecule has 2 aromatic carbocycles. The van der Waals surface area contributed by atoms with Crippen LogP contribution in [-0.4, -0.2) is 38.3 Å². The highest BCUT2D eigenvalue weighted by atomic mass is 16.5. The number of rotatable bonds is 6. The van der Waals surface area contributed by atoms with Crippen LogP contribution in [-0.2, 0) is 4.74 Å². The molecular formula is C19H23N3O3. The van der Waals surface area contributed by atoms with Crippen LogP contribution in [0.3, 0.4) is 0 Å². The minimum Gasteiger partial charge on any atom is -0.457 e. The fourth-order valence-electron chi connectivity index (χ4n) is 2.63. The number of ether oxygens (including phenoxy) is 2. The molecule has 0 saturated carbocycles. The van der Waals surface area contributed by atoms with Crippen molar-refractivity contribution in [2.45, 2.75) is 12.5 Å². The molecule has 25 heavy (non-hydrogen) atoms. The lowest BCUT2D eigenvalue weighted by Gasteiger charge is -2.23. The molecule has 1 saturated heterocycles. The molecule has 0 spiro atoms. The zero-order valence-electron chi connectivity index (χ0n) is 14.0. The van der Waals surface area contributed by atoms with E-state index in [9.17, 15) is 4.79 Å². The maximum absolute atomic E-state index is 12.3. The van der Waals surface area contributed by atoms with Crippen molar-refractivity contribution in [2.24, 2.45) is 0 Å². The highest BCUT2D eigenvalue weighted by Gasteiger charge is 2.14. The molecule has 1 fully saturated rings. The van der Waals surface area contributed by atoms with E-state index >= 15 is 0 Å². The molecule has 0 aliphatic carbocycles. The van der Waals surface area contributed by atoms with Crippen molar-refractivity contribution in [3.63, 3.8) is 0 Å². The largest absolute Gasteiger partial charge is 0.457 e. The third kappa shape index (κ3) is 5.20. The number of carbonyl (C=O) groups excluding carboxylic acids is 1. The van der Waals surface area contributed by atoms with Crippen molar-refractivity contribution in [3.8, 4) is 11.5 Å². The van der Waals surface area contributed by atoms with Crippen LogP contribution in [0.15, 0.2) is 48.5 Å². The standard InChI is InChI=1S/C19H23N3O3/c20-15-4-6-16(7-5-15)25-17-3-1-2-14(12-17)19(23)22-9-8-18-13-21-10-11-24-18/h1-7,12,18,21H,8-11,13,20H2,(H,22,23). The zero-order valence-corrected chi connectivity index (χ0v) is 14.0. The first-order chi connectivity index (χ1) is 12.2. The molecular weight excluding hydrogens is 318 g/mol. The monoisotopic (exact) mass is 341 g/mol. The SMILES string of the molecule is Nc1ccc(Oc2cccc(C(=O)NCCC3CNCCO3)c2)cc1. The van der Waals surface area contributed by atoms with E-state index in [4.69, 9.17) is 15.2 Å². The number of benzene rings is 2. The van der Waals surface area contributed by atoms with Gasteiger partial charge in [-0.15, -0.1) is 0 Å². The summed E-state index contributed by atoms with van der Waals surface area (Å²) < 4.78 is 11.4. The van der Waals surface area contributed by atoms with Gasteiger partial charge in [0.25, 0.3) is 5.91 Å². The van der Waals surface area contributed by atoms with Gasteiger partial charge in [0.2, 0.25) is 0 Å². The molecule has 1 amide bonds. The van der Waals surface area contributed by atoms with Crippen LogP contribution >= 0.6 is 0 Å². The highest BCUT2D eigenvalue weighted by molar-refractivity contribution is 5.94. The minimum absolute atomic E-state index is 0.119. The Balaban J connectivity index is 1.52. The third-order valence-corrected chi connectivity index (χ3v) is 3.97. The van der Waals surface area contributed by atoms with Gasteiger partial charge in [-0.1, -0.05) is 6.07 Å². The summed E-state index contributed by atoms with van der Waals surface area (Å²) in [7, 11) is 0. The van der Waals surface area contributed by atoms with Gasteiger partial charge in [-0.25, -0.2) is 0 Å². The fraction of sp³-hybridized carbons (Fsp3) is 0.316. The number of nitrogens with two attached hydrogens (primary N) is 1. The quantitative estimate of drug-likeness (QED) is 0.701. The number of amides is 1. The Kier molecular flexibility index (Phi) is 5.87. The lowest BCUT2D eigenvalue weighted by atomic mass is 10.2. The molecule has 6 nitrogen and oxygen atoms in total. The van der Waals surface area contributed by atoms with Crippen molar-refractivity contribution >= 4 is 11.6 Å². The van der Waals surface area contributed by atoms with Crippen LogP contribution in [0, 0.1) is 0 Å². The van der Waals surface area contributed by atoms with Crippen LogP contribution in [0.2, 0.25) is 0 Å². The minimum atomic E-state index is -0.119. The van der Waals surface area contributed by atoms with Gasteiger partial charge in [0, 0.05) is 30.9 Å². The van der Waals surface area contributed by atoms with Crippen molar-refractivity contribution < 1.29 is 14.3 Å². The van der Waals surface area contributed by atoms with E-state index in [0.29, 0.717) is 29.3 Å². The Labute approximate surface area is 147 Å². The maximum Gasteiger partial charge on any atom is 0.251 e. The average Bonchev–Trinajstić information content (AvgIpc) is 2.65. The Bertz CT molecular complexity index is 697. The lowest BCUT2D eigenvalue weighted by Crippen LogP contribution is -2.40. The molecule has 4 N–H and O–H groups in total. The fourth-order valence-corrected chi connectivity index (χ4v) is 2.63. The number of hydrogen-bond donors (Lipinski definition) is 3. The maximum atomic E-state index is 12.3. The predicted octanol–water partition coefficient (Wildman–Crippen LogP) is 2.17. The molecule has 132 valence electrons. The van der Waals surface area contributed by atoms with Crippen molar-refractivity contribution in [1.29, 1.82) is 0 Å². The van der Waals surface area contributed by atoms with Gasteiger partial charge in [0.05, 0.1) is 12.7 Å². The highest BCUT2D eigenvalue weighted by Crippen LogP contribution is 2.23. The second-order valence-electron chi connectivity index (χ2n) is 5.94. The summed E-state index contributed by atoms with van der Waals surface area (Å²) in [4.78, 5) is 12.3. The third-order valence-electron chi connectivity index (χ3n) is 3.97. The molecule has 1 aliphatic rings. The molecule has 3 rings (SSSR count). The normalized spacial score (nSPS) is 17.0. The van der Waals surface area contributed by atoms with Gasteiger partial charge in [-0.05, 0) is 48.9 Å². The van der Waals surface area contributed by atoms with Gasteiger partial charge in [0.15, 0.2) is 0 Å². The summed E-state index contributed by atoms with van der Waals surface area (Å²) in [6, 6.07) is 14.2. The zero-order chi connectivity index (χ0) is 17.5. The smallest absolute Gasteiger partial charge is 0.251 e. The number of carbonyl (C=O) groups is 1. The number of anilines is 1. The molecule has 1 aliphatic heterocycles. The van der Waals surface area contributed by atoms with E-state index in [2.05, 4.69) is 10.6 Å². The van der Waals surface area contributed by atoms with E-state index in [1.807, 2.05) is 6.07 Å². The van der Waals surface area contributed by atoms with Crippen molar-refractivity contribution in [3.05, 3.63) is 54.1 Å². The van der Waals surface area contributed by atoms with E-state index in [1.165, 1.54) is 0 Å². The number of hydrogen-bond acceptors (Lipinski definition) is 5. The van der Waals surface area contributed by atoms with Crippen LogP contribution in [0.1, 0.15) is 16.8 Å². The van der Waals surface area contributed by atoms with Crippen LogP contribution < -0.4 is 21.1 Å². The molecule has 6 heteroatoms. The average molecular weight is 341 g/mol. The van der Waals surface area contributed by atoms with E-state index < -0.39 is 0 Å². The van der Waals surface area contributed by atoms with E-state index in [1.54, 1.807) is 42.5 Å². The molecule has 1 heterocycles. The number of morpholine rings is 1. The number of nitrogen functional groups attached to an aromatic ring is 1. The Morgan fingerprint density at radius 1 is 1.24 bits per heavy atom. The molecule has 1 atom stereocenters. The topological polar surface area (TPSA) is 85.6 Å². The summed E-state index contributed by atoms with van der Waals surface area (Å²) in [5.41, 5.74) is 6.91. The summed E-state index contributed by atoms with van der Waals surface area (Å²) in [5, 5.41) is 6.20. The Morgan fingerprint density at radius 2 is 2.08 bits per heavy atom. The molecule has 1 unspecified atom stereocenters. The van der Waals surface area contributed by atoms with Gasteiger partial charge in [-0.2, -0.15) is 0 Å². The first kappa shape index (κ1) is 17.3. The summed E-state index contributed by atoms with van der Waals surface area (Å²) in [6.07, 6.45) is 0.953. The predicted molar refractivity (Wildman–Crippen MR) is 96.9 cm³/mol. The van der Waals surface area contributed by atoms with Crippen LogP contribution in [0.5, 0.6) is 11.5 Å². The van der Waals surface area contributed by atoms with Gasteiger partial charge in [0.1, 0.15) is 11.5 Å². The summed E-state index contributed by atoms with van der Waals surface area (Å²) >= 11 is 0. The van der Waals surface area contributed by atoms with E-state index in [-0.39, 0.29) is 12.0 Å². The molecule has 2 aromatic rings. The first-order valence-electron chi connectivity index (χ1n) is 8.45. The van der Waals surface area contributed by atoms with Crippen molar-refractivity contribution in [2.75, 3.05) is 32.0 Å². The first-order valence-corrected chi connectivity index (χ1v) is 8.45. The lowest BCUT2D eigenvalue weighted by molar-refractivity contribution is 0.0239. The van der Waals surface area contributed by atoms with E-state index in [0.717, 1.165) is 26.1 Å². The van der Waals surface area contributed by atoms with Crippen LogP contribution in [0.25, 0.3) is 0 Å².